The van der Waals surface area contributed by atoms with Gasteiger partial charge in [0.15, 0.2) is 0 Å². The Labute approximate surface area is 101 Å². The van der Waals surface area contributed by atoms with Gasteiger partial charge in [0.25, 0.3) is 0 Å². The molecular formula is C12H20N2OS. The highest BCUT2D eigenvalue weighted by atomic mass is 32.1. The Hall–Kier alpha value is -0.420. The molecule has 3 N–H and O–H groups in total. The lowest BCUT2D eigenvalue weighted by Gasteiger charge is -2.18. The van der Waals surface area contributed by atoms with Crippen molar-refractivity contribution in [3.05, 3.63) is 21.9 Å². The molecule has 0 radical (unpaired) electrons. The van der Waals surface area contributed by atoms with Crippen LogP contribution in [0.15, 0.2) is 11.4 Å². The number of rotatable bonds is 5. The summed E-state index contributed by atoms with van der Waals surface area (Å²) >= 11 is 1.78. The molecule has 2 heterocycles. The van der Waals surface area contributed by atoms with Gasteiger partial charge >= 0.3 is 0 Å². The van der Waals surface area contributed by atoms with Crippen LogP contribution >= 0.6 is 11.3 Å². The summed E-state index contributed by atoms with van der Waals surface area (Å²) in [7, 11) is 0. The van der Waals surface area contributed by atoms with Gasteiger partial charge in [0, 0.05) is 17.5 Å². The van der Waals surface area contributed by atoms with Crippen molar-refractivity contribution in [1.29, 1.82) is 0 Å². The molecule has 16 heavy (non-hydrogen) atoms. The molecule has 0 amide bonds. The van der Waals surface area contributed by atoms with Gasteiger partial charge in [-0.1, -0.05) is 0 Å². The fourth-order valence-electron chi connectivity index (χ4n) is 2.31. The third-order valence-electron chi connectivity index (χ3n) is 3.28. The zero-order valence-electron chi connectivity index (χ0n) is 9.74. The summed E-state index contributed by atoms with van der Waals surface area (Å²) in [6.45, 7) is 3.08. The fourth-order valence-corrected chi connectivity index (χ4v) is 3.07. The second-order valence-corrected chi connectivity index (χ2v) is 5.48. The van der Waals surface area contributed by atoms with E-state index in [4.69, 9.17) is 10.6 Å². The number of hydrogen-bond acceptors (Lipinski definition) is 4. The van der Waals surface area contributed by atoms with E-state index in [0.29, 0.717) is 6.10 Å². The standard InChI is InChI=1S/C12H20N2OS/c1-9-11(6-8-16-9)12(14-13)5-4-10-3-2-7-15-10/h6,8,10,12,14H,2-5,7,13H2,1H3. The zero-order valence-corrected chi connectivity index (χ0v) is 10.6. The lowest BCUT2D eigenvalue weighted by atomic mass is 10.0. The van der Waals surface area contributed by atoms with Gasteiger partial charge in [-0.15, -0.1) is 11.3 Å². The van der Waals surface area contributed by atoms with Gasteiger partial charge in [-0.05, 0) is 49.6 Å². The van der Waals surface area contributed by atoms with E-state index in [-0.39, 0.29) is 6.04 Å². The third kappa shape index (κ3) is 2.83. The Balaban J connectivity index is 1.88. The highest BCUT2D eigenvalue weighted by molar-refractivity contribution is 7.10. The number of thiophene rings is 1. The van der Waals surface area contributed by atoms with E-state index in [1.165, 1.54) is 23.3 Å². The van der Waals surface area contributed by atoms with Crippen LogP contribution in [0.25, 0.3) is 0 Å². The third-order valence-corrected chi connectivity index (χ3v) is 4.14. The molecule has 0 aromatic carbocycles. The Morgan fingerprint density at radius 2 is 2.56 bits per heavy atom. The summed E-state index contributed by atoms with van der Waals surface area (Å²) in [5, 5.41) is 2.13. The van der Waals surface area contributed by atoms with Crippen molar-refractivity contribution < 1.29 is 4.74 Å². The molecule has 2 atom stereocenters. The first-order valence-electron chi connectivity index (χ1n) is 5.93. The molecule has 90 valence electrons. The number of hydrazine groups is 1. The van der Waals surface area contributed by atoms with Crippen LogP contribution in [0.4, 0.5) is 0 Å². The summed E-state index contributed by atoms with van der Waals surface area (Å²) in [5.74, 6) is 5.63. The van der Waals surface area contributed by atoms with Crippen molar-refractivity contribution >= 4 is 11.3 Å². The smallest absolute Gasteiger partial charge is 0.0576 e. The maximum Gasteiger partial charge on any atom is 0.0576 e. The normalized spacial score (nSPS) is 22.5. The van der Waals surface area contributed by atoms with Gasteiger partial charge < -0.3 is 4.74 Å². The molecule has 0 spiro atoms. The average Bonchev–Trinajstić information content (AvgIpc) is 2.92. The predicted molar refractivity (Wildman–Crippen MR) is 67.3 cm³/mol. The van der Waals surface area contributed by atoms with E-state index in [0.717, 1.165) is 19.4 Å². The molecule has 0 aliphatic carbocycles. The summed E-state index contributed by atoms with van der Waals surface area (Å²) in [5.41, 5.74) is 4.26. The molecule has 2 unspecified atom stereocenters. The highest BCUT2D eigenvalue weighted by Gasteiger charge is 2.19. The van der Waals surface area contributed by atoms with E-state index in [9.17, 15) is 0 Å². The maximum atomic E-state index is 5.63. The van der Waals surface area contributed by atoms with Gasteiger partial charge in [-0.3, -0.25) is 11.3 Å². The Bertz CT molecular complexity index is 321. The van der Waals surface area contributed by atoms with Crippen LogP contribution in [0.3, 0.4) is 0 Å². The molecule has 1 aromatic rings. The largest absolute Gasteiger partial charge is 0.378 e. The predicted octanol–water partition coefficient (Wildman–Crippen LogP) is 2.52. The second kappa shape index (κ2) is 5.77. The fraction of sp³-hybridized carbons (Fsp3) is 0.667. The van der Waals surface area contributed by atoms with Crippen LogP contribution in [0, 0.1) is 6.92 Å². The van der Waals surface area contributed by atoms with Crippen LogP contribution in [0.5, 0.6) is 0 Å². The van der Waals surface area contributed by atoms with Crippen molar-refractivity contribution in [1.82, 2.24) is 5.43 Å². The molecule has 1 fully saturated rings. The van der Waals surface area contributed by atoms with E-state index < -0.39 is 0 Å². The van der Waals surface area contributed by atoms with Crippen molar-refractivity contribution in [2.24, 2.45) is 5.84 Å². The molecule has 1 aliphatic heterocycles. The van der Waals surface area contributed by atoms with Crippen molar-refractivity contribution in [2.75, 3.05) is 6.61 Å². The summed E-state index contributed by atoms with van der Waals surface area (Å²) in [4.78, 5) is 1.36. The molecule has 1 saturated heterocycles. The van der Waals surface area contributed by atoms with Gasteiger partial charge in [0.1, 0.15) is 0 Å². The molecule has 0 bridgehead atoms. The number of nitrogens with one attached hydrogen (secondary N) is 1. The van der Waals surface area contributed by atoms with Crippen LogP contribution in [0.2, 0.25) is 0 Å². The van der Waals surface area contributed by atoms with Gasteiger partial charge in [0.2, 0.25) is 0 Å². The lowest BCUT2D eigenvalue weighted by molar-refractivity contribution is 0.0996. The second-order valence-electron chi connectivity index (χ2n) is 4.36. The minimum atomic E-state index is 0.274. The maximum absolute atomic E-state index is 5.63. The van der Waals surface area contributed by atoms with Gasteiger partial charge in [0.05, 0.1) is 6.10 Å². The first-order chi connectivity index (χ1) is 7.81. The Morgan fingerprint density at radius 1 is 1.69 bits per heavy atom. The average molecular weight is 240 g/mol. The molecule has 1 aromatic heterocycles. The molecule has 0 saturated carbocycles. The number of ether oxygens (including phenoxy) is 1. The minimum Gasteiger partial charge on any atom is -0.378 e. The van der Waals surface area contributed by atoms with Crippen LogP contribution < -0.4 is 11.3 Å². The zero-order chi connectivity index (χ0) is 11.4. The van der Waals surface area contributed by atoms with Crippen molar-refractivity contribution in [3.63, 3.8) is 0 Å². The molecule has 2 rings (SSSR count). The Morgan fingerprint density at radius 3 is 3.12 bits per heavy atom. The van der Waals surface area contributed by atoms with Crippen molar-refractivity contribution in [3.8, 4) is 0 Å². The van der Waals surface area contributed by atoms with Crippen LogP contribution in [-0.4, -0.2) is 12.7 Å². The number of hydrogen-bond donors (Lipinski definition) is 2. The van der Waals surface area contributed by atoms with Crippen molar-refractivity contribution in [2.45, 2.75) is 44.8 Å². The molecule has 3 nitrogen and oxygen atoms in total. The van der Waals surface area contributed by atoms with E-state index in [1.54, 1.807) is 11.3 Å². The summed E-state index contributed by atoms with van der Waals surface area (Å²) in [6, 6.07) is 2.44. The number of nitrogens with two attached hydrogens (primary N) is 1. The molecule has 1 aliphatic rings. The first kappa shape index (κ1) is 12.0. The topological polar surface area (TPSA) is 47.3 Å². The molecule has 4 heteroatoms. The van der Waals surface area contributed by atoms with Crippen LogP contribution in [0.1, 0.15) is 42.2 Å². The minimum absolute atomic E-state index is 0.274. The van der Waals surface area contributed by atoms with Crippen LogP contribution in [-0.2, 0) is 4.74 Å². The summed E-state index contributed by atoms with van der Waals surface area (Å²) < 4.78 is 5.63. The Kier molecular flexibility index (Phi) is 4.35. The monoisotopic (exact) mass is 240 g/mol. The first-order valence-corrected chi connectivity index (χ1v) is 6.81. The lowest BCUT2D eigenvalue weighted by Crippen LogP contribution is -2.29. The highest BCUT2D eigenvalue weighted by Crippen LogP contribution is 2.27. The van der Waals surface area contributed by atoms with Gasteiger partial charge in [-0.2, -0.15) is 0 Å². The molecular weight excluding hydrogens is 220 g/mol. The van der Waals surface area contributed by atoms with E-state index in [1.807, 2.05) is 0 Å². The van der Waals surface area contributed by atoms with Gasteiger partial charge in [-0.25, -0.2) is 0 Å². The summed E-state index contributed by atoms with van der Waals surface area (Å²) in [6.07, 6.45) is 5.03. The van der Waals surface area contributed by atoms with E-state index >= 15 is 0 Å². The quantitative estimate of drug-likeness (QED) is 0.614. The SMILES string of the molecule is Cc1sccc1C(CCC1CCCO1)NN. The number of aryl methyl sites for hydroxylation is 1. The van der Waals surface area contributed by atoms with E-state index in [2.05, 4.69) is 23.8 Å².